The minimum Gasteiger partial charge on any atom is -0.506 e. The first-order chi connectivity index (χ1) is 28.3. The molecule has 0 fully saturated rings. The zero-order valence-electron chi connectivity index (χ0n) is 30.6. The van der Waals surface area contributed by atoms with Crippen molar-refractivity contribution in [3.8, 4) is 22.6 Å². The van der Waals surface area contributed by atoms with Crippen molar-refractivity contribution in [3.05, 3.63) is 135 Å². The number of hydrazone groups is 2. The SMILES string of the molecule is COc1cc(-c2ccc(NN=C3C(=O)c4ccc(Nc5ccccc5)cc4C=C3S(=O)(=O)O)c(O)c2)ccc1NN=C1C(=O)c2c(cccc2S(=O)(=O)O)C=C1S(=O)(=O)O. The normalized spacial score (nSPS) is 15.5. The quantitative estimate of drug-likeness (QED) is 0.0466. The lowest BCUT2D eigenvalue weighted by atomic mass is 9.94. The van der Waals surface area contributed by atoms with Gasteiger partial charge in [0.25, 0.3) is 30.4 Å². The standard InChI is InChI=1S/C39H29N5O13S3/c1-57-31-18-22(11-15-29(31)42-44-37-33(59(51,52)53)19-23-6-5-9-32(58(48,49)50)35(23)39(37)47)21-10-14-28(30(45)17-21)41-43-36-34(60(54,55)56)20-24-16-26(12-13-27(24)38(36)46)40-25-7-3-2-4-8-25/h2-20,40-42,45H,1H3,(H,48,49,50)(H,51,52,53)(H,54,55,56). The van der Waals surface area contributed by atoms with E-state index in [1.54, 1.807) is 12.1 Å². The van der Waals surface area contributed by atoms with E-state index in [9.17, 15) is 53.6 Å². The lowest BCUT2D eigenvalue weighted by Gasteiger charge is -2.18. The van der Waals surface area contributed by atoms with Gasteiger partial charge in [-0.05, 0) is 95.1 Å². The molecule has 0 saturated carbocycles. The highest BCUT2D eigenvalue weighted by molar-refractivity contribution is 7.91. The molecular weight excluding hydrogens is 843 g/mol. The van der Waals surface area contributed by atoms with Crippen molar-refractivity contribution in [1.82, 2.24) is 0 Å². The first-order valence-corrected chi connectivity index (χ1v) is 21.4. The van der Waals surface area contributed by atoms with Crippen LogP contribution < -0.4 is 20.9 Å². The van der Waals surface area contributed by atoms with Gasteiger partial charge < -0.3 is 15.2 Å². The molecule has 7 rings (SSSR count). The Labute approximate surface area is 341 Å². The second kappa shape index (κ2) is 15.6. The van der Waals surface area contributed by atoms with Crippen molar-refractivity contribution in [2.45, 2.75) is 4.90 Å². The fourth-order valence-electron chi connectivity index (χ4n) is 6.28. The van der Waals surface area contributed by atoms with Gasteiger partial charge in [0.15, 0.2) is 11.4 Å². The van der Waals surface area contributed by atoms with E-state index in [1.807, 2.05) is 30.3 Å². The molecule has 0 atom stereocenters. The molecule has 5 aromatic carbocycles. The molecule has 0 aromatic heterocycles. The third-order valence-corrected chi connectivity index (χ3v) is 11.7. The summed E-state index contributed by atoms with van der Waals surface area (Å²) < 4.78 is 108. The van der Waals surface area contributed by atoms with Crippen LogP contribution in [0, 0.1) is 0 Å². The molecular formula is C39H29N5O13S3. The number of allylic oxidation sites excluding steroid dienone is 2. The summed E-state index contributed by atoms with van der Waals surface area (Å²) in [5.74, 6) is -2.37. The number of phenolic OH excluding ortho intramolecular Hbond substituents is 1. The number of aromatic hydroxyl groups is 1. The minimum absolute atomic E-state index is 0.0541. The highest BCUT2D eigenvalue weighted by atomic mass is 32.2. The highest BCUT2D eigenvalue weighted by Crippen LogP contribution is 2.36. The Morgan fingerprint density at radius 3 is 1.80 bits per heavy atom. The summed E-state index contributed by atoms with van der Waals surface area (Å²) in [6, 6.07) is 25.7. The van der Waals surface area contributed by atoms with E-state index < -0.39 is 79.4 Å². The first-order valence-electron chi connectivity index (χ1n) is 17.1. The van der Waals surface area contributed by atoms with Crippen LogP contribution in [0.4, 0.5) is 22.7 Å². The number of anilines is 4. The predicted octanol–water partition coefficient (Wildman–Crippen LogP) is 5.84. The monoisotopic (exact) mass is 871 g/mol. The molecule has 60 heavy (non-hydrogen) atoms. The Bertz CT molecular complexity index is 3130. The largest absolute Gasteiger partial charge is 0.506 e. The van der Waals surface area contributed by atoms with E-state index in [1.165, 1.54) is 55.6 Å². The Kier molecular flexibility index (Phi) is 10.7. The maximum absolute atomic E-state index is 13.5. The summed E-state index contributed by atoms with van der Waals surface area (Å²) in [5, 5.41) is 21.9. The second-order valence-corrected chi connectivity index (χ2v) is 17.1. The summed E-state index contributed by atoms with van der Waals surface area (Å²) in [4.78, 5) is 24.4. The van der Waals surface area contributed by atoms with Crippen LogP contribution in [0.25, 0.3) is 23.3 Å². The van der Waals surface area contributed by atoms with E-state index in [-0.39, 0.29) is 33.8 Å². The Morgan fingerprint density at radius 2 is 1.18 bits per heavy atom. The van der Waals surface area contributed by atoms with E-state index in [2.05, 4.69) is 26.4 Å². The smallest absolute Gasteiger partial charge is 0.296 e. The third-order valence-electron chi connectivity index (χ3n) is 9.06. The fraction of sp³-hybridized carbons (Fsp3) is 0.0256. The van der Waals surface area contributed by atoms with Crippen molar-refractivity contribution in [2.75, 3.05) is 23.3 Å². The van der Waals surface area contributed by atoms with Crippen molar-refractivity contribution >= 4 is 88.2 Å². The number of methoxy groups -OCH3 is 1. The molecule has 0 spiro atoms. The Balaban J connectivity index is 1.14. The van der Waals surface area contributed by atoms with Crippen LogP contribution in [0.2, 0.25) is 0 Å². The number of nitrogens with zero attached hydrogens (tertiary/aromatic N) is 2. The average Bonchev–Trinajstić information content (AvgIpc) is 3.19. The molecule has 0 heterocycles. The number of ketones is 2. The molecule has 2 aliphatic rings. The van der Waals surface area contributed by atoms with Gasteiger partial charge in [0.05, 0.1) is 24.0 Å². The van der Waals surface area contributed by atoms with Crippen LogP contribution in [0.5, 0.6) is 11.5 Å². The molecule has 2 aliphatic carbocycles. The first kappa shape index (κ1) is 41.2. The van der Waals surface area contributed by atoms with Crippen molar-refractivity contribution in [2.24, 2.45) is 10.2 Å². The molecule has 5 aromatic rings. The number of hydrogen-bond acceptors (Lipinski definition) is 15. The van der Waals surface area contributed by atoms with Gasteiger partial charge in [-0.3, -0.25) is 34.1 Å². The third kappa shape index (κ3) is 8.29. The number of nitrogens with one attached hydrogen (secondary N) is 3. The zero-order chi connectivity index (χ0) is 43.1. The zero-order valence-corrected chi connectivity index (χ0v) is 33.0. The van der Waals surface area contributed by atoms with Crippen molar-refractivity contribution in [1.29, 1.82) is 0 Å². The van der Waals surface area contributed by atoms with Gasteiger partial charge >= 0.3 is 0 Å². The van der Waals surface area contributed by atoms with E-state index in [0.717, 1.165) is 30.0 Å². The summed E-state index contributed by atoms with van der Waals surface area (Å²) in [6.07, 6.45) is 1.94. The number of fused-ring (bicyclic) bond motifs is 2. The number of hydrogen-bond donors (Lipinski definition) is 7. The number of Topliss-reactive ketones (excluding diaryl/α,β-unsaturated/α-hetero) is 2. The van der Waals surface area contributed by atoms with Crippen LogP contribution in [0.3, 0.4) is 0 Å². The molecule has 0 radical (unpaired) electrons. The van der Waals surface area contributed by atoms with Crippen LogP contribution in [0.1, 0.15) is 31.8 Å². The number of carbonyl (C=O) groups excluding carboxylic acids is 2. The molecule has 21 heteroatoms. The van der Waals surface area contributed by atoms with Gasteiger partial charge in [0, 0.05) is 16.9 Å². The summed E-state index contributed by atoms with van der Waals surface area (Å²) in [7, 11) is -13.7. The Morgan fingerprint density at radius 1 is 0.583 bits per heavy atom. The predicted molar refractivity (Wildman–Crippen MR) is 222 cm³/mol. The van der Waals surface area contributed by atoms with E-state index in [4.69, 9.17) is 4.74 Å². The van der Waals surface area contributed by atoms with Crippen molar-refractivity contribution in [3.63, 3.8) is 0 Å². The summed E-state index contributed by atoms with van der Waals surface area (Å²) in [6.45, 7) is 0. The molecule has 18 nitrogen and oxygen atoms in total. The lowest BCUT2D eigenvalue weighted by molar-refractivity contribution is 0.105. The summed E-state index contributed by atoms with van der Waals surface area (Å²) in [5.41, 5.74) is 5.12. The second-order valence-electron chi connectivity index (χ2n) is 12.9. The number of ether oxygens (including phenoxy) is 1. The Hall–Kier alpha value is -7.01. The molecule has 0 saturated heterocycles. The highest BCUT2D eigenvalue weighted by Gasteiger charge is 2.37. The molecule has 7 N–H and O–H groups in total. The van der Waals surface area contributed by atoms with Gasteiger partial charge in [0.1, 0.15) is 26.2 Å². The van der Waals surface area contributed by atoms with Crippen LogP contribution in [0.15, 0.2) is 128 Å². The van der Waals surface area contributed by atoms with Gasteiger partial charge in [-0.2, -0.15) is 35.5 Å². The van der Waals surface area contributed by atoms with Gasteiger partial charge in [-0.25, -0.2) is 0 Å². The van der Waals surface area contributed by atoms with Crippen LogP contribution >= 0.6 is 0 Å². The lowest BCUT2D eigenvalue weighted by Crippen LogP contribution is -2.28. The minimum atomic E-state index is -5.08. The number of rotatable bonds is 11. The number of benzene rings is 5. The van der Waals surface area contributed by atoms with Gasteiger partial charge in [-0.15, -0.1) is 0 Å². The number of phenols is 1. The molecule has 0 bridgehead atoms. The van der Waals surface area contributed by atoms with Crippen molar-refractivity contribution < 1.29 is 58.3 Å². The molecule has 0 amide bonds. The molecule has 0 unspecified atom stereocenters. The van der Waals surface area contributed by atoms with Gasteiger partial charge in [-0.1, -0.05) is 42.5 Å². The van der Waals surface area contributed by atoms with E-state index >= 15 is 0 Å². The molecule has 306 valence electrons. The topological polar surface area (TPSA) is 288 Å². The summed E-state index contributed by atoms with van der Waals surface area (Å²) >= 11 is 0. The van der Waals surface area contributed by atoms with Crippen LogP contribution in [-0.4, -0.2) is 74.1 Å². The maximum atomic E-state index is 13.5. The maximum Gasteiger partial charge on any atom is 0.296 e. The van der Waals surface area contributed by atoms with Crippen LogP contribution in [-0.2, 0) is 30.4 Å². The number of carbonyl (C=O) groups is 2. The van der Waals surface area contributed by atoms with Gasteiger partial charge in [0.2, 0.25) is 11.6 Å². The fourth-order valence-corrected chi connectivity index (χ4v) is 8.31. The molecule has 0 aliphatic heterocycles. The average molecular weight is 872 g/mol. The number of para-hydroxylation sites is 1. The van der Waals surface area contributed by atoms with E-state index in [0.29, 0.717) is 16.8 Å².